The van der Waals surface area contributed by atoms with Crippen molar-refractivity contribution in [3.05, 3.63) is 67.3 Å². The standard InChI is InChI=1S/C18H18IN3O4/c19-17-5-4-15(22(24)25)11-16(17)18(23)20-14-3-1-2-13(10-14)12-21-6-8-26-9-7-21/h1-5,10-11H,6-9,12H2,(H,20,23). The molecule has 0 bridgehead atoms. The van der Waals surface area contributed by atoms with Crippen LogP contribution < -0.4 is 5.32 Å². The Balaban J connectivity index is 1.72. The summed E-state index contributed by atoms with van der Waals surface area (Å²) in [5.41, 5.74) is 1.96. The number of nitrogens with zero attached hydrogens (tertiary/aromatic N) is 2. The van der Waals surface area contributed by atoms with Crippen LogP contribution in [0.1, 0.15) is 15.9 Å². The number of anilines is 1. The molecule has 1 heterocycles. The van der Waals surface area contributed by atoms with Gasteiger partial charge in [0.15, 0.2) is 0 Å². The topological polar surface area (TPSA) is 84.7 Å². The molecule has 136 valence electrons. The van der Waals surface area contributed by atoms with Crippen molar-refractivity contribution in [1.29, 1.82) is 0 Å². The first-order valence-electron chi connectivity index (χ1n) is 8.17. The summed E-state index contributed by atoms with van der Waals surface area (Å²) >= 11 is 2.00. The van der Waals surface area contributed by atoms with Crippen LogP contribution in [0.4, 0.5) is 11.4 Å². The highest BCUT2D eigenvalue weighted by Crippen LogP contribution is 2.21. The molecule has 0 spiro atoms. The number of benzene rings is 2. The zero-order valence-electron chi connectivity index (χ0n) is 14.0. The molecule has 8 heteroatoms. The predicted octanol–water partition coefficient (Wildman–Crippen LogP) is 3.28. The lowest BCUT2D eigenvalue weighted by Crippen LogP contribution is -2.35. The molecule has 3 rings (SSSR count). The van der Waals surface area contributed by atoms with Crippen molar-refractivity contribution in [2.75, 3.05) is 31.6 Å². The SMILES string of the molecule is O=C(Nc1cccc(CN2CCOCC2)c1)c1cc([N+](=O)[O-])ccc1I. The van der Waals surface area contributed by atoms with Crippen LogP contribution in [0.25, 0.3) is 0 Å². The van der Waals surface area contributed by atoms with Crippen LogP contribution in [0, 0.1) is 13.7 Å². The summed E-state index contributed by atoms with van der Waals surface area (Å²) in [6.45, 7) is 4.05. The number of rotatable bonds is 5. The summed E-state index contributed by atoms with van der Waals surface area (Å²) < 4.78 is 6.02. The van der Waals surface area contributed by atoms with Crippen molar-refractivity contribution < 1.29 is 14.5 Å². The number of carbonyl (C=O) groups excluding carboxylic acids is 1. The second-order valence-corrected chi connectivity index (χ2v) is 7.13. The second-order valence-electron chi connectivity index (χ2n) is 5.96. The highest BCUT2D eigenvalue weighted by atomic mass is 127. The van der Waals surface area contributed by atoms with Gasteiger partial charge in [-0.25, -0.2) is 0 Å². The van der Waals surface area contributed by atoms with Gasteiger partial charge in [0, 0.05) is 41.0 Å². The van der Waals surface area contributed by atoms with E-state index in [1.807, 2.05) is 46.9 Å². The van der Waals surface area contributed by atoms with Gasteiger partial charge in [0.1, 0.15) is 0 Å². The number of nitrogens with one attached hydrogen (secondary N) is 1. The molecule has 0 radical (unpaired) electrons. The minimum Gasteiger partial charge on any atom is -0.379 e. The van der Waals surface area contributed by atoms with Crippen LogP contribution in [0.2, 0.25) is 0 Å². The molecular weight excluding hydrogens is 449 g/mol. The van der Waals surface area contributed by atoms with Crippen LogP contribution in [0.5, 0.6) is 0 Å². The van der Waals surface area contributed by atoms with Gasteiger partial charge >= 0.3 is 0 Å². The van der Waals surface area contributed by atoms with Gasteiger partial charge in [0.2, 0.25) is 0 Å². The van der Waals surface area contributed by atoms with E-state index in [0.29, 0.717) is 14.8 Å². The molecule has 1 saturated heterocycles. The minimum absolute atomic E-state index is 0.100. The first kappa shape index (κ1) is 18.7. The fourth-order valence-corrected chi connectivity index (χ4v) is 3.34. The normalized spacial score (nSPS) is 14.8. The van der Waals surface area contributed by atoms with Crippen molar-refractivity contribution in [3.8, 4) is 0 Å². The first-order chi connectivity index (χ1) is 12.5. The molecule has 1 N–H and O–H groups in total. The molecule has 26 heavy (non-hydrogen) atoms. The van der Waals surface area contributed by atoms with Gasteiger partial charge in [0.25, 0.3) is 11.6 Å². The molecule has 0 aliphatic carbocycles. The fourth-order valence-electron chi connectivity index (χ4n) is 2.76. The van der Waals surface area contributed by atoms with Crippen LogP contribution in [0.15, 0.2) is 42.5 Å². The maximum atomic E-state index is 12.5. The molecule has 0 unspecified atom stereocenters. The molecule has 1 aliphatic rings. The Morgan fingerprint density at radius 3 is 2.73 bits per heavy atom. The zero-order chi connectivity index (χ0) is 18.5. The van der Waals surface area contributed by atoms with Crippen molar-refractivity contribution in [3.63, 3.8) is 0 Å². The fraction of sp³-hybridized carbons (Fsp3) is 0.278. The van der Waals surface area contributed by atoms with E-state index in [9.17, 15) is 14.9 Å². The second kappa shape index (κ2) is 8.56. The van der Waals surface area contributed by atoms with Gasteiger partial charge in [-0.2, -0.15) is 0 Å². The Morgan fingerprint density at radius 1 is 1.23 bits per heavy atom. The third kappa shape index (κ3) is 4.77. The lowest BCUT2D eigenvalue weighted by Gasteiger charge is -2.26. The van der Waals surface area contributed by atoms with Crippen LogP contribution >= 0.6 is 22.6 Å². The van der Waals surface area contributed by atoms with Gasteiger partial charge in [-0.1, -0.05) is 12.1 Å². The molecule has 2 aromatic rings. The number of halogens is 1. The number of morpholine rings is 1. The summed E-state index contributed by atoms with van der Waals surface area (Å²) in [5.74, 6) is -0.360. The van der Waals surface area contributed by atoms with E-state index in [4.69, 9.17) is 4.74 Å². The molecule has 0 atom stereocenters. The highest BCUT2D eigenvalue weighted by molar-refractivity contribution is 14.1. The molecule has 1 amide bonds. The van der Waals surface area contributed by atoms with Crippen LogP contribution in [0.3, 0.4) is 0 Å². The Hall–Kier alpha value is -2.04. The Labute approximate surface area is 164 Å². The van der Waals surface area contributed by atoms with E-state index in [1.54, 1.807) is 6.07 Å². The summed E-state index contributed by atoms with van der Waals surface area (Å²) in [6.07, 6.45) is 0. The van der Waals surface area contributed by atoms with E-state index < -0.39 is 4.92 Å². The maximum absolute atomic E-state index is 12.5. The van der Waals surface area contributed by atoms with Crippen molar-refractivity contribution >= 4 is 39.9 Å². The number of ether oxygens (including phenoxy) is 1. The van der Waals surface area contributed by atoms with Crippen LogP contribution in [-0.4, -0.2) is 42.0 Å². The lowest BCUT2D eigenvalue weighted by atomic mass is 10.1. The average Bonchev–Trinajstić information content (AvgIpc) is 2.63. The van der Waals surface area contributed by atoms with Crippen molar-refractivity contribution in [1.82, 2.24) is 4.90 Å². The van der Waals surface area contributed by atoms with Gasteiger partial charge in [-0.3, -0.25) is 19.8 Å². The smallest absolute Gasteiger partial charge is 0.270 e. The lowest BCUT2D eigenvalue weighted by molar-refractivity contribution is -0.384. The summed E-state index contributed by atoms with van der Waals surface area (Å²) in [5, 5.41) is 13.8. The van der Waals surface area contributed by atoms with E-state index in [0.717, 1.165) is 38.4 Å². The minimum atomic E-state index is -0.504. The number of nitro benzene ring substituents is 1. The highest BCUT2D eigenvalue weighted by Gasteiger charge is 2.16. The van der Waals surface area contributed by atoms with Crippen LogP contribution in [-0.2, 0) is 11.3 Å². The van der Waals surface area contributed by atoms with E-state index in [1.165, 1.54) is 12.1 Å². The largest absolute Gasteiger partial charge is 0.379 e. The quantitative estimate of drug-likeness (QED) is 0.415. The Bertz CT molecular complexity index is 822. The summed E-state index contributed by atoms with van der Waals surface area (Å²) in [7, 11) is 0. The third-order valence-electron chi connectivity index (χ3n) is 4.10. The number of hydrogen-bond donors (Lipinski definition) is 1. The zero-order valence-corrected chi connectivity index (χ0v) is 16.1. The van der Waals surface area contributed by atoms with Crippen molar-refractivity contribution in [2.45, 2.75) is 6.54 Å². The molecule has 0 aromatic heterocycles. The first-order valence-corrected chi connectivity index (χ1v) is 9.25. The third-order valence-corrected chi connectivity index (χ3v) is 5.04. The van der Waals surface area contributed by atoms with E-state index in [-0.39, 0.29) is 11.6 Å². The maximum Gasteiger partial charge on any atom is 0.270 e. The molecule has 1 fully saturated rings. The number of non-ortho nitro benzene ring substituents is 1. The van der Waals surface area contributed by atoms with E-state index in [2.05, 4.69) is 10.2 Å². The average molecular weight is 467 g/mol. The summed E-state index contributed by atoms with van der Waals surface area (Å²) in [6, 6.07) is 11.9. The van der Waals surface area contributed by atoms with Gasteiger partial charge in [0.05, 0.1) is 23.7 Å². The molecule has 7 nitrogen and oxygen atoms in total. The number of carbonyl (C=O) groups is 1. The summed E-state index contributed by atoms with van der Waals surface area (Å²) in [4.78, 5) is 25.3. The van der Waals surface area contributed by atoms with Gasteiger partial charge in [-0.15, -0.1) is 0 Å². The van der Waals surface area contributed by atoms with E-state index >= 15 is 0 Å². The molecule has 1 aliphatic heterocycles. The van der Waals surface area contributed by atoms with Crippen molar-refractivity contribution in [2.24, 2.45) is 0 Å². The predicted molar refractivity (Wildman–Crippen MR) is 106 cm³/mol. The number of amides is 1. The molecular formula is C18H18IN3O4. The Kier molecular flexibility index (Phi) is 6.17. The van der Waals surface area contributed by atoms with Gasteiger partial charge < -0.3 is 10.1 Å². The molecule has 0 saturated carbocycles. The van der Waals surface area contributed by atoms with Gasteiger partial charge in [-0.05, 0) is 46.4 Å². The monoisotopic (exact) mass is 467 g/mol. The number of nitro groups is 1. The molecule has 2 aromatic carbocycles. The Morgan fingerprint density at radius 2 is 2.00 bits per heavy atom. The number of hydrogen-bond acceptors (Lipinski definition) is 5.